The Kier molecular flexibility index (Phi) is 7.72. The highest BCUT2D eigenvalue weighted by Crippen LogP contribution is 2.18. The van der Waals surface area contributed by atoms with Crippen LogP contribution in [0.4, 0.5) is 0 Å². The Morgan fingerprint density at radius 1 is 1.17 bits per heavy atom. The van der Waals surface area contributed by atoms with E-state index in [0.717, 1.165) is 11.1 Å². The molecule has 1 aromatic heterocycles. The van der Waals surface area contributed by atoms with E-state index in [9.17, 15) is 9.59 Å². The van der Waals surface area contributed by atoms with Crippen LogP contribution in [0.2, 0.25) is 5.02 Å². The lowest BCUT2D eigenvalue weighted by Crippen LogP contribution is -2.19. The van der Waals surface area contributed by atoms with Crippen LogP contribution in [-0.2, 0) is 11.2 Å². The van der Waals surface area contributed by atoms with Crippen LogP contribution in [0.5, 0.6) is 0 Å². The lowest BCUT2D eigenvalue weighted by Gasteiger charge is -2.09. The smallest absolute Gasteiger partial charge is 0.339 e. The van der Waals surface area contributed by atoms with Crippen molar-refractivity contribution in [2.24, 2.45) is 0 Å². The normalized spacial score (nSPS) is 9.92. The second kappa shape index (κ2) is 9.28. The minimum Gasteiger partial charge on any atom is -0.462 e. The first-order valence-corrected chi connectivity index (χ1v) is 8.45. The fraction of sp³-hybridized carbons (Fsp3) is 0.368. The monoisotopic (exact) mass is 349 g/mol. The number of esters is 1. The number of hydrogen-bond donors (Lipinski definition) is 1. The molecule has 0 atom stereocenters. The number of aryl methyl sites for hydroxylation is 2. The molecule has 0 aliphatic rings. The molecule has 0 spiro atoms. The number of aromatic nitrogens is 1. The first-order chi connectivity index (χ1) is 11.4. The molecule has 0 aliphatic carbocycles. The zero-order valence-corrected chi connectivity index (χ0v) is 15.6. The van der Waals surface area contributed by atoms with Gasteiger partial charge in [0, 0.05) is 22.7 Å². The predicted octanol–water partition coefficient (Wildman–Crippen LogP) is 4.44. The lowest BCUT2D eigenvalue weighted by molar-refractivity contribution is 0.0524. The van der Waals surface area contributed by atoms with Crippen LogP contribution in [0.1, 0.15) is 53.5 Å². The van der Waals surface area contributed by atoms with Gasteiger partial charge < -0.3 is 9.72 Å². The topological polar surface area (TPSA) is 59.2 Å². The molecule has 0 radical (unpaired) electrons. The number of nitrogens with one attached hydrogen (secondary N) is 1. The van der Waals surface area contributed by atoms with Crippen molar-refractivity contribution in [1.82, 2.24) is 4.98 Å². The number of carbonyl (C=O) groups excluding carboxylic acids is 1. The SMILES string of the molecule is CC.CCOC(=O)c1cc(Cc2ccc(Cl)cc2C)c(=O)[nH]c1C. The Balaban J connectivity index is 0.00000139. The molecule has 0 amide bonds. The van der Waals surface area contributed by atoms with Gasteiger partial charge in [-0.2, -0.15) is 0 Å². The molecule has 1 heterocycles. The maximum atomic E-state index is 12.1. The van der Waals surface area contributed by atoms with E-state index in [2.05, 4.69) is 4.98 Å². The summed E-state index contributed by atoms with van der Waals surface area (Å²) in [7, 11) is 0. The van der Waals surface area contributed by atoms with E-state index in [1.165, 1.54) is 0 Å². The van der Waals surface area contributed by atoms with Gasteiger partial charge in [-0.15, -0.1) is 0 Å². The molecular formula is C19H24ClNO3. The highest BCUT2D eigenvalue weighted by Gasteiger charge is 2.14. The van der Waals surface area contributed by atoms with Gasteiger partial charge in [0.15, 0.2) is 0 Å². The molecule has 0 aliphatic heterocycles. The highest BCUT2D eigenvalue weighted by molar-refractivity contribution is 6.30. The van der Waals surface area contributed by atoms with Gasteiger partial charge in [0.05, 0.1) is 12.2 Å². The zero-order chi connectivity index (χ0) is 18.3. The van der Waals surface area contributed by atoms with E-state index in [0.29, 0.717) is 34.9 Å². The summed E-state index contributed by atoms with van der Waals surface area (Å²) in [6.45, 7) is 9.67. The molecular weight excluding hydrogens is 326 g/mol. The van der Waals surface area contributed by atoms with Crippen molar-refractivity contribution in [3.8, 4) is 0 Å². The van der Waals surface area contributed by atoms with Crippen LogP contribution in [0.15, 0.2) is 29.1 Å². The molecule has 24 heavy (non-hydrogen) atoms. The summed E-state index contributed by atoms with van der Waals surface area (Å²) in [5.41, 5.74) is 3.24. The van der Waals surface area contributed by atoms with Gasteiger partial charge >= 0.3 is 5.97 Å². The third-order valence-corrected chi connectivity index (χ3v) is 3.73. The summed E-state index contributed by atoms with van der Waals surface area (Å²) in [5, 5.41) is 0.659. The van der Waals surface area contributed by atoms with Crippen molar-refractivity contribution in [3.05, 3.63) is 67.6 Å². The van der Waals surface area contributed by atoms with Crippen molar-refractivity contribution in [2.45, 2.75) is 41.0 Å². The maximum Gasteiger partial charge on any atom is 0.339 e. The predicted molar refractivity (Wildman–Crippen MR) is 98.1 cm³/mol. The van der Waals surface area contributed by atoms with Gasteiger partial charge in [-0.3, -0.25) is 4.79 Å². The number of carbonyl (C=O) groups is 1. The largest absolute Gasteiger partial charge is 0.462 e. The van der Waals surface area contributed by atoms with Gasteiger partial charge in [0.2, 0.25) is 0 Å². The molecule has 2 rings (SSSR count). The summed E-state index contributed by atoms with van der Waals surface area (Å²) in [6.07, 6.45) is 0.436. The number of rotatable bonds is 4. The van der Waals surface area contributed by atoms with Crippen LogP contribution in [0.25, 0.3) is 0 Å². The van der Waals surface area contributed by atoms with Crippen molar-refractivity contribution in [3.63, 3.8) is 0 Å². The molecule has 0 unspecified atom stereocenters. The average molecular weight is 350 g/mol. The fourth-order valence-corrected chi connectivity index (χ4v) is 2.51. The van der Waals surface area contributed by atoms with Crippen LogP contribution in [-0.4, -0.2) is 17.6 Å². The van der Waals surface area contributed by atoms with Crippen molar-refractivity contribution in [1.29, 1.82) is 0 Å². The Hall–Kier alpha value is -2.07. The minimum absolute atomic E-state index is 0.195. The first-order valence-electron chi connectivity index (χ1n) is 8.07. The number of H-pyrrole nitrogens is 1. The van der Waals surface area contributed by atoms with Crippen LogP contribution < -0.4 is 5.56 Å². The lowest BCUT2D eigenvalue weighted by atomic mass is 10.00. The number of ether oxygens (including phenoxy) is 1. The molecule has 0 saturated carbocycles. The van der Waals surface area contributed by atoms with Crippen molar-refractivity contribution in [2.75, 3.05) is 6.61 Å². The molecule has 0 fully saturated rings. The molecule has 5 heteroatoms. The number of benzene rings is 1. The summed E-state index contributed by atoms with van der Waals surface area (Å²) in [5.74, 6) is -0.426. The fourth-order valence-electron chi connectivity index (χ4n) is 2.28. The van der Waals surface area contributed by atoms with E-state index in [1.807, 2.05) is 32.9 Å². The van der Waals surface area contributed by atoms with E-state index < -0.39 is 5.97 Å². The van der Waals surface area contributed by atoms with Gasteiger partial charge in [-0.1, -0.05) is 31.5 Å². The van der Waals surface area contributed by atoms with E-state index in [4.69, 9.17) is 16.3 Å². The Morgan fingerprint density at radius 3 is 2.42 bits per heavy atom. The molecule has 2 aromatic rings. The molecule has 1 N–H and O–H groups in total. The second-order valence-electron chi connectivity index (χ2n) is 5.13. The summed E-state index contributed by atoms with van der Waals surface area (Å²) in [6, 6.07) is 7.14. The Labute approximate surface area is 147 Å². The first kappa shape index (κ1) is 20.0. The second-order valence-corrected chi connectivity index (χ2v) is 5.57. The van der Waals surface area contributed by atoms with E-state index >= 15 is 0 Å². The van der Waals surface area contributed by atoms with Crippen LogP contribution >= 0.6 is 11.6 Å². The quantitative estimate of drug-likeness (QED) is 0.830. The molecule has 0 saturated heterocycles. The number of hydrogen-bond acceptors (Lipinski definition) is 3. The minimum atomic E-state index is -0.426. The number of aromatic amines is 1. The zero-order valence-electron chi connectivity index (χ0n) is 14.8. The highest BCUT2D eigenvalue weighted by atomic mass is 35.5. The number of halogens is 1. The van der Waals surface area contributed by atoms with Gasteiger partial charge in [0.25, 0.3) is 5.56 Å². The van der Waals surface area contributed by atoms with E-state index in [1.54, 1.807) is 26.0 Å². The van der Waals surface area contributed by atoms with Crippen LogP contribution in [0, 0.1) is 13.8 Å². The number of pyridine rings is 1. The van der Waals surface area contributed by atoms with Gasteiger partial charge in [0.1, 0.15) is 0 Å². The van der Waals surface area contributed by atoms with E-state index in [-0.39, 0.29) is 5.56 Å². The summed E-state index contributed by atoms with van der Waals surface area (Å²) in [4.78, 5) is 26.8. The molecule has 130 valence electrons. The third-order valence-electron chi connectivity index (χ3n) is 3.50. The summed E-state index contributed by atoms with van der Waals surface area (Å²) >= 11 is 5.94. The molecule has 1 aromatic carbocycles. The van der Waals surface area contributed by atoms with Crippen LogP contribution in [0.3, 0.4) is 0 Å². The maximum absolute atomic E-state index is 12.1. The average Bonchev–Trinajstić information content (AvgIpc) is 2.54. The molecule has 0 bridgehead atoms. The van der Waals surface area contributed by atoms with Crippen molar-refractivity contribution >= 4 is 17.6 Å². The van der Waals surface area contributed by atoms with Crippen molar-refractivity contribution < 1.29 is 9.53 Å². The van der Waals surface area contributed by atoms with Gasteiger partial charge in [-0.05, 0) is 50.1 Å². The standard InChI is InChI=1S/C17H18ClNO3.C2H6/c1-4-22-17(21)15-9-13(16(20)19-11(15)3)8-12-5-6-14(18)7-10(12)2;1-2/h5-7,9H,4,8H2,1-3H3,(H,19,20);1-2H3. The summed E-state index contributed by atoms with van der Waals surface area (Å²) < 4.78 is 5.01. The van der Waals surface area contributed by atoms with Gasteiger partial charge in [-0.25, -0.2) is 4.79 Å². The Morgan fingerprint density at radius 2 is 1.83 bits per heavy atom. The third kappa shape index (κ3) is 4.96. The Bertz CT molecular complexity index is 766. The molecule has 4 nitrogen and oxygen atoms in total.